The lowest BCUT2D eigenvalue weighted by atomic mass is 10.4. The molecule has 0 saturated heterocycles. The van der Waals surface area contributed by atoms with Crippen LogP contribution in [0.25, 0.3) is 0 Å². The van der Waals surface area contributed by atoms with Crippen LogP contribution in [0.4, 0.5) is 0 Å². The molecule has 0 saturated carbocycles. The molecule has 0 spiro atoms. The van der Waals surface area contributed by atoms with E-state index in [9.17, 15) is 0 Å². The van der Waals surface area contributed by atoms with Gasteiger partial charge in [0.1, 0.15) is 0 Å². The third kappa shape index (κ3) is 45.8. The second-order valence-electron chi connectivity index (χ2n) is 2.27. The first-order valence-corrected chi connectivity index (χ1v) is 6.64. The quantitative estimate of drug-likeness (QED) is 0.391. The zero-order valence-electron chi connectivity index (χ0n) is 7.72. The summed E-state index contributed by atoms with van der Waals surface area (Å²) in [4.78, 5) is 22.7. The summed E-state index contributed by atoms with van der Waals surface area (Å²) in [6.07, 6.45) is 2.35. The monoisotopic (exact) mass is 231 g/mol. The van der Waals surface area contributed by atoms with E-state index in [1.54, 1.807) is 0 Å². The van der Waals surface area contributed by atoms with E-state index in [0.29, 0.717) is 13.2 Å². The number of hydrogen-bond donors (Lipinski definition) is 4. The number of nitrogens with two attached hydrogens (primary N) is 1. The molecule has 0 amide bonds. The molecule has 0 heterocycles. The lowest BCUT2D eigenvalue weighted by Crippen LogP contribution is -2.08. The van der Waals surface area contributed by atoms with E-state index in [0.717, 1.165) is 13.0 Å². The Morgan fingerprint density at radius 3 is 2.08 bits per heavy atom. The minimum Gasteiger partial charge on any atom is -0.380 e. The van der Waals surface area contributed by atoms with Crippen LogP contribution in [0.1, 0.15) is 19.8 Å². The van der Waals surface area contributed by atoms with Gasteiger partial charge in [-0.15, -0.1) is 0 Å². The molecule has 0 atom stereocenters. The molecule has 82 valence electrons. The van der Waals surface area contributed by atoms with Crippen molar-refractivity contribution in [1.82, 2.24) is 0 Å². The van der Waals surface area contributed by atoms with Gasteiger partial charge >= 0.3 is 6.72 Å². The lowest BCUT2D eigenvalue weighted by molar-refractivity contribution is 0.138. The first-order chi connectivity index (χ1) is 5.91. The van der Waals surface area contributed by atoms with E-state index in [-0.39, 0.29) is 0 Å². The zero-order valence-corrected chi connectivity index (χ0v) is 9.43. The van der Waals surface area contributed by atoms with Crippen molar-refractivity contribution in [2.24, 2.45) is 5.73 Å². The number of rotatable bonds is 5. The first kappa shape index (κ1) is 15.9. The van der Waals surface area contributed by atoms with Gasteiger partial charge in [-0.25, -0.2) is 0 Å². The highest BCUT2D eigenvalue weighted by molar-refractivity contribution is 8.06. The first-order valence-electron chi connectivity index (χ1n) is 3.98. The highest BCUT2D eigenvalue weighted by Crippen LogP contribution is 2.26. The predicted octanol–water partition coefficient (Wildman–Crippen LogP) is -0.0504. The third-order valence-electron chi connectivity index (χ3n) is 0.904. The van der Waals surface area contributed by atoms with Crippen molar-refractivity contribution in [3.05, 3.63) is 0 Å². The molecule has 5 N–H and O–H groups in total. The van der Waals surface area contributed by atoms with E-state index in [1.807, 2.05) is 0 Å². The molecule has 0 unspecified atom stereocenters. The van der Waals surface area contributed by atoms with Crippen molar-refractivity contribution in [3.8, 4) is 0 Å². The second-order valence-corrected chi connectivity index (χ2v) is 4.76. The van der Waals surface area contributed by atoms with Crippen molar-refractivity contribution in [2.45, 2.75) is 19.8 Å². The van der Waals surface area contributed by atoms with Crippen LogP contribution < -0.4 is 5.73 Å². The van der Waals surface area contributed by atoms with Gasteiger partial charge in [-0.05, 0) is 18.2 Å². The van der Waals surface area contributed by atoms with Crippen molar-refractivity contribution in [2.75, 3.05) is 19.8 Å². The van der Waals surface area contributed by atoms with Crippen molar-refractivity contribution >= 4 is 18.5 Å². The minimum atomic E-state index is -3.81. The molecule has 13 heavy (non-hydrogen) atoms. The van der Waals surface area contributed by atoms with E-state index < -0.39 is 6.72 Å². The fraction of sp³-hybridized carbons (Fsp3) is 1.00. The Balaban J connectivity index is 0. The maximum absolute atomic E-state index is 7.56. The predicted molar refractivity (Wildman–Crippen MR) is 55.7 cm³/mol. The molecule has 0 fully saturated rings. The Kier molecular flexibility index (Phi) is 12.9. The average molecular weight is 231 g/mol. The van der Waals surface area contributed by atoms with Crippen LogP contribution in [-0.4, -0.2) is 34.4 Å². The van der Waals surface area contributed by atoms with E-state index in [2.05, 4.69) is 18.7 Å². The van der Waals surface area contributed by atoms with Gasteiger partial charge in [0.2, 0.25) is 0 Å². The molecule has 0 aromatic rings. The van der Waals surface area contributed by atoms with Gasteiger partial charge in [-0.1, -0.05) is 13.3 Å². The third-order valence-corrected chi connectivity index (χ3v) is 0.904. The molecule has 0 aromatic heterocycles. The fourth-order valence-corrected chi connectivity index (χ4v) is 0.432. The van der Waals surface area contributed by atoms with Gasteiger partial charge in [-0.3, -0.25) is 0 Å². The summed E-state index contributed by atoms with van der Waals surface area (Å²) in [6, 6.07) is 0. The van der Waals surface area contributed by atoms with Crippen molar-refractivity contribution in [3.63, 3.8) is 0 Å². The van der Waals surface area contributed by atoms with Gasteiger partial charge in [0.15, 0.2) is 0 Å². The van der Waals surface area contributed by atoms with Gasteiger partial charge in [-0.2, -0.15) is 0 Å². The van der Waals surface area contributed by atoms with Gasteiger partial charge < -0.3 is 25.2 Å². The lowest BCUT2D eigenvalue weighted by Gasteiger charge is -1.97. The average Bonchev–Trinajstić information content (AvgIpc) is 1.95. The molecule has 0 radical (unpaired) electrons. The summed E-state index contributed by atoms with van der Waals surface area (Å²) in [5, 5.41) is 0. The largest absolute Gasteiger partial charge is 0.380 e. The van der Waals surface area contributed by atoms with Gasteiger partial charge in [0.25, 0.3) is 0 Å². The van der Waals surface area contributed by atoms with E-state index in [1.165, 1.54) is 6.42 Å². The minimum absolute atomic E-state index is 0.643. The van der Waals surface area contributed by atoms with Crippen LogP contribution in [-0.2, 0) is 16.5 Å². The summed E-state index contributed by atoms with van der Waals surface area (Å²) in [7, 11) is 0. The standard InChI is InChI=1S/C6H15NO.H3O3PS/c1-2-3-5-8-6-4-7;1-4(2,3)5/h2-7H2,1H3;(H3,1,2,3,5). The summed E-state index contributed by atoms with van der Waals surface area (Å²) in [5.41, 5.74) is 5.19. The van der Waals surface area contributed by atoms with Gasteiger partial charge in [0.05, 0.1) is 6.61 Å². The smallest absolute Gasteiger partial charge is 0.319 e. The summed E-state index contributed by atoms with van der Waals surface area (Å²) in [5.74, 6) is 0. The van der Waals surface area contributed by atoms with Crippen LogP contribution in [0.3, 0.4) is 0 Å². The van der Waals surface area contributed by atoms with Crippen molar-refractivity contribution < 1.29 is 19.4 Å². The molecular weight excluding hydrogens is 213 g/mol. The Hall–Kier alpha value is 0.450. The normalized spacial score (nSPS) is 10.5. The molecular formula is C6H18NO4PS. The Morgan fingerprint density at radius 2 is 1.77 bits per heavy atom. The Bertz CT molecular complexity index is 126. The van der Waals surface area contributed by atoms with Crippen LogP contribution in [0, 0.1) is 0 Å². The fourth-order valence-electron chi connectivity index (χ4n) is 0.432. The number of ether oxygens (including phenoxy) is 1. The molecule has 0 rings (SSSR count). The summed E-state index contributed by atoms with van der Waals surface area (Å²) in [6.45, 7) is 0.559. The van der Waals surface area contributed by atoms with E-state index >= 15 is 0 Å². The Labute approximate surface area is 83.8 Å². The topological polar surface area (TPSA) is 95.9 Å². The maximum Gasteiger partial charge on any atom is 0.319 e. The zero-order chi connectivity index (χ0) is 10.7. The molecule has 7 heteroatoms. The Morgan fingerprint density at radius 1 is 1.31 bits per heavy atom. The SMILES string of the molecule is CCCCOCCN.OP(O)(O)=S. The molecule has 0 aliphatic heterocycles. The van der Waals surface area contributed by atoms with Gasteiger partial charge in [0, 0.05) is 13.2 Å². The van der Waals surface area contributed by atoms with Crippen molar-refractivity contribution in [1.29, 1.82) is 0 Å². The van der Waals surface area contributed by atoms with Crippen LogP contribution in [0.15, 0.2) is 0 Å². The molecule has 0 aromatic carbocycles. The molecule has 0 aliphatic carbocycles. The highest BCUT2D eigenvalue weighted by Gasteiger charge is 1.92. The molecule has 5 nitrogen and oxygen atoms in total. The highest BCUT2D eigenvalue weighted by atomic mass is 32.5. The summed E-state index contributed by atoms with van der Waals surface area (Å²) >= 11 is 3.60. The number of unbranched alkanes of at least 4 members (excludes halogenated alkanes) is 1. The van der Waals surface area contributed by atoms with Crippen LogP contribution >= 0.6 is 6.72 Å². The molecule has 0 bridgehead atoms. The molecule has 0 aliphatic rings. The maximum atomic E-state index is 7.56. The number of hydrogen-bond acceptors (Lipinski definition) is 3. The summed E-state index contributed by atoms with van der Waals surface area (Å²) < 4.78 is 5.10. The van der Waals surface area contributed by atoms with Crippen LogP contribution in [0.5, 0.6) is 0 Å². The van der Waals surface area contributed by atoms with E-state index in [4.69, 9.17) is 25.2 Å². The second kappa shape index (κ2) is 10.5. The van der Waals surface area contributed by atoms with Crippen LogP contribution in [0.2, 0.25) is 0 Å².